The SMILES string of the molecule is COc1cc(F)ccc1-c1cnc2sc(N3C[C@H]4C[C@H](O)[C@@H](N)C[C@H]4C3)nn12. The molecule has 9 heteroatoms. The van der Waals surface area contributed by atoms with E-state index in [4.69, 9.17) is 15.6 Å². The molecule has 4 atom stereocenters. The molecule has 3 heterocycles. The van der Waals surface area contributed by atoms with Gasteiger partial charge in [0.05, 0.1) is 25.1 Å². The van der Waals surface area contributed by atoms with E-state index < -0.39 is 6.10 Å². The van der Waals surface area contributed by atoms with Crippen LogP contribution in [0.2, 0.25) is 0 Å². The van der Waals surface area contributed by atoms with Gasteiger partial charge >= 0.3 is 0 Å². The van der Waals surface area contributed by atoms with Crippen LogP contribution in [0.3, 0.4) is 0 Å². The summed E-state index contributed by atoms with van der Waals surface area (Å²) in [5.74, 6) is 1.04. The van der Waals surface area contributed by atoms with E-state index in [-0.39, 0.29) is 11.9 Å². The van der Waals surface area contributed by atoms with Crippen molar-refractivity contribution in [2.24, 2.45) is 17.6 Å². The van der Waals surface area contributed by atoms with Crippen molar-refractivity contribution in [1.29, 1.82) is 0 Å². The number of rotatable bonds is 3. The molecule has 28 heavy (non-hydrogen) atoms. The first-order chi connectivity index (χ1) is 13.5. The third-order valence-electron chi connectivity index (χ3n) is 5.97. The van der Waals surface area contributed by atoms with Crippen molar-refractivity contribution in [1.82, 2.24) is 14.6 Å². The molecular formula is C19H22FN5O2S. The molecule has 7 nitrogen and oxygen atoms in total. The number of aliphatic hydroxyl groups is 1. The summed E-state index contributed by atoms with van der Waals surface area (Å²) < 4.78 is 20.7. The number of anilines is 1. The lowest BCUT2D eigenvalue weighted by Gasteiger charge is -2.32. The summed E-state index contributed by atoms with van der Waals surface area (Å²) in [6.07, 6.45) is 2.93. The number of hydrogen-bond acceptors (Lipinski definition) is 7. The number of aromatic nitrogens is 3. The molecule has 5 rings (SSSR count). The summed E-state index contributed by atoms with van der Waals surface area (Å²) in [6.45, 7) is 1.78. The van der Waals surface area contributed by atoms with E-state index in [1.165, 1.54) is 30.6 Å². The average molecular weight is 403 g/mol. The molecule has 0 amide bonds. The summed E-state index contributed by atoms with van der Waals surface area (Å²) in [5, 5.41) is 15.8. The molecule has 1 aromatic carbocycles. The highest BCUT2D eigenvalue weighted by Gasteiger charge is 2.41. The second-order valence-corrected chi connectivity index (χ2v) is 8.63. The van der Waals surface area contributed by atoms with Gasteiger partial charge in [0, 0.05) is 30.8 Å². The van der Waals surface area contributed by atoms with Gasteiger partial charge in [-0.2, -0.15) is 0 Å². The Morgan fingerprint density at radius 1 is 1.29 bits per heavy atom. The van der Waals surface area contributed by atoms with Crippen molar-refractivity contribution < 1.29 is 14.2 Å². The maximum Gasteiger partial charge on any atom is 0.214 e. The van der Waals surface area contributed by atoms with Crippen LogP contribution in [0.1, 0.15) is 12.8 Å². The Balaban J connectivity index is 1.46. The Hall–Kier alpha value is -2.23. The molecule has 1 saturated heterocycles. The molecule has 0 unspecified atom stereocenters. The summed E-state index contributed by atoms with van der Waals surface area (Å²) in [5.41, 5.74) is 7.57. The van der Waals surface area contributed by atoms with Crippen LogP contribution in [0.25, 0.3) is 16.2 Å². The van der Waals surface area contributed by atoms with Crippen LogP contribution in [0.15, 0.2) is 24.4 Å². The third kappa shape index (κ3) is 2.85. The smallest absolute Gasteiger partial charge is 0.214 e. The predicted octanol–water partition coefficient (Wildman–Crippen LogP) is 2.14. The van der Waals surface area contributed by atoms with Crippen LogP contribution in [0, 0.1) is 17.7 Å². The number of nitrogens with two attached hydrogens (primary N) is 1. The van der Waals surface area contributed by atoms with Gasteiger partial charge in [-0.1, -0.05) is 11.3 Å². The second-order valence-electron chi connectivity index (χ2n) is 7.69. The van der Waals surface area contributed by atoms with Crippen molar-refractivity contribution in [3.63, 3.8) is 0 Å². The van der Waals surface area contributed by atoms with Crippen LogP contribution < -0.4 is 15.4 Å². The fourth-order valence-corrected chi connectivity index (χ4v) is 5.39. The maximum atomic E-state index is 13.5. The van der Waals surface area contributed by atoms with Crippen LogP contribution >= 0.6 is 11.3 Å². The minimum Gasteiger partial charge on any atom is -0.496 e. The predicted molar refractivity (Wildman–Crippen MR) is 105 cm³/mol. The van der Waals surface area contributed by atoms with Crippen LogP contribution in [-0.4, -0.2) is 52.0 Å². The first-order valence-electron chi connectivity index (χ1n) is 9.40. The normalized spacial score (nSPS) is 27.4. The van der Waals surface area contributed by atoms with Crippen LogP contribution in [0.5, 0.6) is 5.75 Å². The van der Waals surface area contributed by atoms with E-state index in [1.54, 1.807) is 16.8 Å². The summed E-state index contributed by atoms with van der Waals surface area (Å²) in [4.78, 5) is 7.53. The van der Waals surface area contributed by atoms with E-state index in [9.17, 15) is 9.50 Å². The first-order valence-corrected chi connectivity index (χ1v) is 10.2. The molecule has 1 aliphatic carbocycles. The molecule has 0 radical (unpaired) electrons. The van der Waals surface area contributed by atoms with E-state index in [1.807, 2.05) is 0 Å². The zero-order valence-electron chi connectivity index (χ0n) is 15.5. The average Bonchev–Trinajstić information content (AvgIpc) is 3.36. The van der Waals surface area contributed by atoms with Gasteiger partial charge in [-0.3, -0.25) is 0 Å². The third-order valence-corrected chi connectivity index (χ3v) is 6.96. The topological polar surface area (TPSA) is 88.9 Å². The van der Waals surface area contributed by atoms with Crippen molar-refractivity contribution in [3.05, 3.63) is 30.2 Å². The molecule has 0 spiro atoms. The van der Waals surface area contributed by atoms with Gasteiger partial charge in [0.15, 0.2) is 0 Å². The van der Waals surface area contributed by atoms with Crippen LogP contribution in [0.4, 0.5) is 9.52 Å². The van der Waals surface area contributed by atoms with Crippen molar-refractivity contribution in [2.75, 3.05) is 25.1 Å². The summed E-state index contributed by atoms with van der Waals surface area (Å²) in [7, 11) is 1.52. The largest absolute Gasteiger partial charge is 0.496 e. The van der Waals surface area contributed by atoms with E-state index in [0.29, 0.717) is 17.6 Å². The lowest BCUT2D eigenvalue weighted by atomic mass is 9.78. The zero-order chi connectivity index (χ0) is 19.4. The van der Waals surface area contributed by atoms with Gasteiger partial charge < -0.3 is 20.5 Å². The molecule has 0 bridgehead atoms. The molecule has 3 aromatic rings. The molecular weight excluding hydrogens is 381 g/mol. The highest BCUT2D eigenvalue weighted by atomic mass is 32.1. The zero-order valence-corrected chi connectivity index (χ0v) is 16.3. The number of benzene rings is 1. The van der Waals surface area contributed by atoms with Gasteiger partial charge in [-0.15, -0.1) is 5.10 Å². The second kappa shape index (κ2) is 6.68. The van der Waals surface area contributed by atoms with Crippen molar-refractivity contribution in [2.45, 2.75) is 25.0 Å². The number of hydrogen-bond donors (Lipinski definition) is 2. The van der Waals surface area contributed by atoms with Crippen molar-refractivity contribution >= 4 is 21.4 Å². The maximum absolute atomic E-state index is 13.5. The number of halogens is 1. The summed E-state index contributed by atoms with van der Waals surface area (Å²) in [6, 6.07) is 4.32. The van der Waals surface area contributed by atoms with Gasteiger partial charge in [-0.25, -0.2) is 13.9 Å². The van der Waals surface area contributed by atoms with E-state index in [2.05, 4.69) is 9.88 Å². The van der Waals surface area contributed by atoms with Gasteiger partial charge in [0.2, 0.25) is 10.1 Å². The number of nitrogens with zero attached hydrogens (tertiary/aromatic N) is 4. The van der Waals surface area contributed by atoms with Gasteiger partial charge in [-0.05, 0) is 36.8 Å². The Labute approximate surface area is 165 Å². The standard InChI is InChI=1S/C19H22FN5O2S/c1-27-17-6-12(20)2-3-13(17)15-7-22-18-25(15)23-19(28-18)24-8-10-4-14(21)16(26)5-11(10)9-24/h2-3,6-7,10-11,14,16,26H,4-5,8-9,21H2,1H3/t10-,11+,14-,16-/m0/s1. The molecule has 2 aromatic heterocycles. The van der Waals surface area contributed by atoms with Gasteiger partial charge in [0.1, 0.15) is 11.6 Å². The molecule has 3 N–H and O–H groups in total. The quantitative estimate of drug-likeness (QED) is 0.697. The fourth-order valence-electron chi connectivity index (χ4n) is 4.49. The summed E-state index contributed by atoms with van der Waals surface area (Å²) >= 11 is 1.53. The first kappa shape index (κ1) is 17.8. The number of imidazole rings is 1. The lowest BCUT2D eigenvalue weighted by Crippen LogP contribution is -2.43. The monoisotopic (exact) mass is 403 g/mol. The van der Waals surface area contributed by atoms with E-state index in [0.717, 1.165) is 47.3 Å². The minimum atomic E-state index is -0.410. The lowest BCUT2D eigenvalue weighted by molar-refractivity contribution is 0.0664. The Kier molecular flexibility index (Phi) is 4.26. The van der Waals surface area contributed by atoms with E-state index >= 15 is 0 Å². The van der Waals surface area contributed by atoms with Crippen molar-refractivity contribution in [3.8, 4) is 17.0 Å². The molecule has 2 fully saturated rings. The van der Waals surface area contributed by atoms with Crippen LogP contribution in [-0.2, 0) is 0 Å². The number of methoxy groups -OCH3 is 1. The Morgan fingerprint density at radius 3 is 2.86 bits per heavy atom. The highest BCUT2D eigenvalue weighted by molar-refractivity contribution is 7.20. The Bertz CT molecular complexity index is 1000. The molecule has 1 saturated carbocycles. The minimum absolute atomic E-state index is 0.132. The Morgan fingerprint density at radius 2 is 2.07 bits per heavy atom. The number of fused-ring (bicyclic) bond motifs is 2. The fraction of sp³-hybridized carbons (Fsp3) is 0.474. The highest BCUT2D eigenvalue weighted by Crippen LogP contribution is 2.40. The number of aliphatic hydroxyl groups excluding tert-OH is 1. The molecule has 148 valence electrons. The number of ether oxygens (including phenoxy) is 1. The molecule has 1 aliphatic heterocycles. The van der Waals surface area contributed by atoms with Gasteiger partial charge in [0.25, 0.3) is 0 Å². The molecule has 2 aliphatic rings.